The summed E-state index contributed by atoms with van der Waals surface area (Å²) in [7, 11) is 0. The van der Waals surface area contributed by atoms with Gasteiger partial charge in [0.1, 0.15) is 0 Å². The van der Waals surface area contributed by atoms with E-state index in [0.29, 0.717) is 13.2 Å². The lowest BCUT2D eigenvalue weighted by Crippen LogP contribution is -2.17. The largest absolute Gasteiger partial charge is 0.389 e. The van der Waals surface area contributed by atoms with Gasteiger partial charge in [0.25, 0.3) is 0 Å². The standard InChI is InChI=1S/C9H17ClO2/c1-2-3-4-5-6-12-8-9(11)7-10/h2,9,11H,1,3-8H2. The van der Waals surface area contributed by atoms with Gasteiger partial charge in [0.15, 0.2) is 0 Å². The Morgan fingerprint density at radius 3 is 2.83 bits per heavy atom. The fraction of sp³-hybridized carbons (Fsp3) is 0.778. The van der Waals surface area contributed by atoms with Crippen LogP contribution in [0.3, 0.4) is 0 Å². The zero-order valence-electron chi connectivity index (χ0n) is 7.34. The molecule has 0 amide bonds. The first kappa shape index (κ1) is 11.9. The molecule has 0 aliphatic heterocycles. The van der Waals surface area contributed by atoms with Crippen LogP contribution < -0.4 is 0 Å². The second-order valence-electron chi connectivity index (χ2n) is 2.67. The molecule has 0 rings (SSSR count). The molecule has 2 nitrogen and oxygen atoms in total. The Balaban J connectivity index is 2.95. The monoisotopic (exact) mass is 192 g/mol. The third-order valence-electron chi connectivity index (χ3n) is 1.44. The van der Waals surface area contributed by atoms with E-state index in [9.17, 15) is 0 Å². The zero-order chi connectivity index (χ0) is 9.23. The Hall–Kier alpha value is -0.0500. The highest BCUT2D eigenvalue weighted by molar-refractivity contribution is 6.18. The van der Waals surface area contributed by atoms with Crippen LogP contribution in [-0.2, 0) is 4.74 Å². The average Bonchev–Trinajstić information content (AvgIpc) is 2.10. The summed E-state index contributed by atoms with van der Waals surface area (Å²) < 4.78 is 5.16. The smallest absolute Gasteiger partial charge is 0.0908 e. The van der Waals surface area contributed by atoms with Gasteiger partial charge in [0.2, 0.25) is 0 Å². The Bertz CT molecular complexity index is 107. The van der Waals surface area contributed by atoms with E-state index in [1.54, 1.807) is 0 Å². The van der Waals surface area contributed by atoms with Gasteiger partial charge in [0.05, 0.1) is 18.6 Å². The van der Waals surface area contributed by atoms with Gasteiger partial charge in [-0.05, 0) is 19.3 Å². The lowest BCUT2D eigenvalue weighted by atomic mass is 10.2. The van der Waals surface area contributed by atoms with Crippen molar-refractivity contribution in [3.63, 3.8) is 0 Å². The van der Waals surface area contributed by atoms with Crippen molar-refractivity contribution in [3.8, 4) is 0 Å². The van der Waals surface area contributed by atoms with E-state index in [-0.39, 0.29) is 5.88 Å². The minimum Gasteiger partial charge on any atom is -0.389 e. The molecule has 0 heterocycles. The van der Waals surface area contributed by atoms with Crippen molar-refractivity contribution in [2.75, 3.05) is 19.1 Å². The molecule has 0 spiro atoms. The number of ether oxygens (including phenoxy) is 1. The second-order valence-corrected chi connectivity index (χ2v) is 2.98. The van der Waals surface area contributed by atoms with Gasteiger partial charge < -0.3 is 9.84 Å². The van der Waals surface area contributed by atoms with Crippen LogP contribution in [-0.4, -0.2) is 30.3 Å². The number of aliphatic hydroxyl groups excluding tert-OH is 1. The summed E-state index contributed by atoms with van der Waals surface area (Å²) in [5.41, 5.74) is 0. The molecular formula is C9H17ClO2. The van der Waals surface area contributed by atoms with Crippen LogP contribution in [0.4, 0.5) is 0 Å². The normalized spacial score (nSPS) is 12.8. The van der Waals surface area contributed by atoms with Crippen LogP contribution in [0.5, 0.6) is 0 Å². The van der Waals surface area contributed by atoms with E-state index < -0.39 is 6.10 Å². The van der Waals surface area contributed by atoms with E-state index in [0.717, 1.165) is 19.3 Å². The molecule has 0 bridgehead atoms. The first-order valence-corrected chi connectivity index (χ1v) is 4.77. The Morgan fingerprint density at radius 2 is 2.25 bits per heavy atom. The molecule has 1 N–H and O–H groups in total. The summed E-state index contributed by atoms with van der Waals surface area (Å²) >= 11 is 5.37. The molecule has 3 heteroatoms. The number of alkyl halides is 1. The van der Waals surface area contributed by atoms with Crippen LogP contribution in [0.1, 0.15) is 19.3 Å². The first-order chi connectivity index (χ1) is 5.81. The van der Waals surface area contributed by atoms with Crippen molar-refractivity contribution in [2.24, 2.45) is 0 Å². The van der Waals surface area contributed by atoms with Crippen molar-refractivity contribution < 1.29 is 9.84 Å². The maximum absolute atomic E-state index is 8.99. The molecule has 0 aliphatic rings. The van der Waals surface area contributed by atoms with Crippen LogP contribution in [0.15, 0.2) is 12.7 Å². The lowest BCUT2D eigenvalue weighted by Gasteiger charge is -2.06. The molecule has 1 atom stereocenters. The summed E-state index contributed by atoms with van der Waals surface area (Å²) in [5, 5.41) is 8.99. The Kier molecular flexibility index (Phi) is 9.00. The topological polar surface area (TPSA) is 29.5 Å². The van der Waals surface area contributed by atoms with E-state index >= 15 is 0 Å². The fourth-order valence-electron chi connectivity index (χ4n) is 0.757. The second kappa shape index (κ2) is 9.04. The highest BCUT2D eigenvalue weighted by Gasteiger charge is 2.00. The van der Waals surface area contributed by atoms with Crippen molar-refractivity contribution >= 4 is 11.6 Å². The van der Waals surface area contributed by atoms with Crippen LogP contribution >= 0.6 is 11.6 Å². The molecule has 0 aromatic carbocycles. The SMILES string of the molecule is C=CCCCCOCC(O)CCl. The molecule has 0 saturated carbocycles. The summed E-state index contributed by atoms with van der Waals surface area (Å²) in [5.74, 6) is 0.243. The zero-order valence-corrected chi connectivity index (χ0v) is 8.09. The van der Waals surface area contributed by atoms with E-state index in [1.165, 1.54) is 0 Å². The molecule has 0 saturated heterocycles. The average molecular weight is 193 g/mol. The Morgan fingerprint density at radius 1 is 1.50 bits per heavy atom. The van der Waals surface area contributed by atoms with Gasteiger partial charge in [-0.2, -0.15) is 0 Å². The van der Waals surface area contributed by atoms with Gasteiger partial charge >= 0.3 is 0 Å². The third kappa shape index (κ3) is 8.05. The van der Waals surface area contributed by atoms with Crippen LogP contribution in [0.25, 0.3) is 0 Å². The van der Waals surface area contributed by atoms with E-state index in [2.05, 4.69) is 6.58 Å². The highest BCUT2D eigenvalue weighted by Crippen LogP contribution is 1.97. The van der Waals surface area contributed by atoms with Crippen LogP contribution in [0, 0.1) is 0 Å². The number of hydrogen-bond acceptors (Lipinski definition) is 2. The molecule has 72 valence electrons. The minimum atomic E-state index is -0.522. The summed E-state index contributed by atoms with van der Waals surface area (Å²) in [6.07, 6.45) is 4.52. The molecule has 0 aromatic heterocycles. The molecule has 0 aromatic rings. The van der Waals surface area contributed by atoms with Gasteiger partial charge in [-0.1, -0.05) is 6.08 Å². The highest BCUT2D eigenvalue weighted by atomic mass is 35.5. The van der Waals surface area contributed by atoms with Crippen molar-refractivity contribution in [3.05, 3.63) is 12.7 Å². The summed E-state index contributed by atoms with van der Waals surface area (Å²) in [6.45, 7) is 4.66. The number of aliphatic hydroxyl groups is 1. The molecule has 1 unspecified atom stereocenters. The quantitative estimate of drug-likeness (QED) is 0.362. The maximum atomic E-state index is 8.99. The van der Waals surface area contributed by atoms with Crippen molar-refractivity contribution in [2.45, 2.75) is 25.4 Å². The number of hydrogen-bond donors (Lipinski definition) is 1. The number of halogens is 1. The molecule has 0 aliphatic carbocycles. The van der Waals surface area contributed by atoms with Crippen molar-refractivity contribution in [1.82, 2.24) is 0 Å². The predicted octanol–water partition coefficient (Wildman–Crippen LogP) is 1.96. The van der Waals surface area contributed by atoms with E-state index in [1.807, 2.05) is 6.08 Å². The van der Waals surface area contributed by atoms with Gasteiger partial charge in [-0.15, -0.1) is 18.2 Å². The van der Waals surface area contributed by atoms with Crippen LogP contribution in [0.2, 0.25) is 0 Å². The number of rotatable bonds is 8. The van der Waals surface area contributed by atoms with Gasteiger partial charge in [-0.3, -0.25) is 0 Å². The first-order valence-electron chi connectivity index (χ1n) is 4.24. The Labute approximate surface area is 79.2 Å². The molecule has 0 fully saturated rings. The minimum absolute atomic E-state index is 0.243. The number of allylic oxidation sites excluding steroid dienone is 1. The lowest BCUT2D eigenvalue weighted by molar-refractivity contribution is 0.0464. The summed E-state index contributed by atoms with van der Waals surface area (Å²) in [4.78, 5) is 0. The summed E-state index contributed by atoms with van der Waals surface area (Å²) in [6, 6.07) is 0. The molecule has 0 radical (unpaired) electrons. The predicted molar refractivity (Wildman–Crippen MR) is 51.6 cm³/mol. The van der Waals surface area contributed by atoms with Crippen molar-refractivity contribution in [1.29, 1.82) is 0 Å². The van der Waals surface area contributed by atoms with E-state index in [4.69, 9.17) is 21.4 Å². The third-order valence-corrected chi connectivity index (χ3v) is 1.79. The maximum Gasteiger partial charge on any atom is 0.0908 e. The fourth-order valence-corrected chi connectivity index (χ4v) is 0.846. The van der Waals surface area contributed by atoms with Gasteiger partial charge in [-0.25, -0.2) is 0 Å². The molecule has 12 heavy (non-hydrogen) atoms. The van der Waals surface area contributed by atoms with Gasteiger partial charge in [0, 0.05) is 6.61 Å². The number of unbranched alkanes of at least 4 members (excludes halogenated alkanes) is 2. The molecular weight excluding hydrogens is 176 g/mol.